The van der Waals surface area contributed by atoms with Crippen LogP contribution in [0.25, 0.3) is 0 Å². The molecule has 2 unspecified atom stereocenters. The van der Waals surface area contributed by atoms with E-state index in [2.05, 4.69) is 4.90 Å². The molecule has 2 fully saturated rings. The molecule has 2 bridgehead atoms. The van der Waals surface area contributed by atoms with Gasteiger partial charge in [-0.15, -0.1) is 0 Å². The summed E-state index contributed by atoms with van der Waals surface area (Å²) < 4.78 is 0. The molecule has 1 N–H and O–H groups in total. The Balaban J connectivity index is 2.06. The number of hydrogen-bond donors (Lipinski definition) is 1. The molecule has 2 aliphatic rings. The average molecular weight is 141 g/mol. The number of fused-ring (bicyclic) bond motifs is 2. The van der Waals surface area contributed by atoms with Crippen LogP contribution in [0, 0.1) is 0 Å². The molecule has 0 aromatic rings. The Morgan fingerprint density at radius 3 is 2.10 bits per heavy atom. The van der Waals surface area contributed by atoms with Crippen molar-refractivity contribution in [2.24, 2.45) is 0 Å². The highest BCUT2D eigenvalue weighted by atomic mass is 16.3. The molecule has 0 aromatic heterocycles. The van der Waals surface area contributed by atoms with Gasteiger partial charge in [-0.2, -0.15) is 0 Å². The molecule has 10 heavy (non-hydrogen) atoms. The first-order chi connectivity index (χ1) is 4.92. The molecule has 0 amide bonds. The summed E-state index contributed by atoms with van der Waals surface area (Å²) in [6.07, 6.45) is 6.66. The number of rotatable bonds is 1. The van der Waals surface area contributed by atoms with Gasteiger partial charge in [-0.05, 0) is 25.7 Å². The molecule has 0 radical (unpaired) electrons. The van der Waals surface area contributed by atoms with Gasteiger partial charge in [0.05, 0.1) is 6.73 Å². The summed E-state index contributed by atoms with van der Waals surface area (Å²) in [4.78, 5) is 2.27. The molecule has 2 atom stereocenters. The van der Waals surface area contributed by atoms with Crippen LogP contribution in [0.4, 0.5) is 0 Å². The third-order valence-corrected chi connectivity index (χ3v) is 3.01. The first-order valence-electron chi connectivity index (χ1n) is 4.28. The van der Waals surface area contributed by atoms with Crippen LogP contribution >= 0.6 is 0 Å². The van der Waals surface area contributed by atoms with Crippen LogP contribution < -0.4 is 0 Å². The quantitative estimate of drug-likeness (QED) is 0.587. The molecule has 2 nitrogen and oxygen atoms in total. The van der Waals surface area contributed by atoms with Gasteiger partial charge in [0.25, 0.3) is 0 Å². The van der Waals surface area contributed by atoms with Crippen LogP contribution in [0.3, 0.4) is 0 Å². The molecule has 2 heteroatoms. The zero-order valence-electron chi connectivity index (χ0n) is 6.29. The van der Waals surface area contributed by atoms with Crippen LogP contribution in [0.1, 0.15) is 32.1 Å². The predicted octanol–water partition coefficient (Wildman–Crippen LogP) is 0.953. The molecule has 2 rings (SSSR count). The Hall–Kier alpha value is -0.0800. The third kappa shape index (κ3) is 0.867. The molecule has 2 heterocycles. The lowest BCUT2D eigenvalue weighted by atomic mass is 10.0. The van der Waals surface area contributed by atoms with Crippen molar-refractivity contribution in [3.8, 4) is 0 Å². The second-order valence-electron chi connectivity index (χ2n) is 3.47. The highest BCUT2D eigenvalue weighted by Crippen LogP contribution is 2.34. The highest BCUT2D eigenvalue weighted by molar-refractivity contribution is 4.90. The van der Waals surface area contributed by atoms with Gasteiger partial charge in [-0.3, -0.25) is 4.90 Å². The average Bonchev–Trinajstić information content (AvgIpc) is 2.19. The summed E-state index contributed by atoms with van der Waals surface area (Å²) >= 11 is 0. The van der Waals surface area contributed by atoms with E-state index in [1.807, 2.05) is 0 Å². The molecule has 2 aliphatic heterocycles. The molecule has 2 saturated heterocycles. The monoisotopic (exact) mass is 141 g/mol. The summed E-state index contributed by atoms with van der Waals surface area (Å²) in [6, 6.07) is 1.45. The molecule has 0 saturated carbocycles. The minimum atomic E-state index is 0.287. The van der Waals surface area contributed by atoms with E-state index < -0.39 is 0 Å². The van der Waals surface area contributed by atoms with Crippen LogP contribution in [-0.4, -0.2) is 28.8 Å². The lowest BCUT2D eigenvalue weighted by Gasteiger charge is -2.32. The summed E-state index contributed by atoms with van der Waals surface area (Å²) in [7, 11) is 0. The van der Waals surface area contributed by atoms with Crippen molar-refractivity contribution in [2.75, 3.05) is 6.73 Å². The number of aliphatic hydroxyl groups is 1. The standard InChI is InChI=1S/C8H15NO/c10-6-9-7-2-1-3-8(9)5-4-7/h7-8,10H,1-6H2. The van der Waals surface area contributed by atoms with Crippen LogP contribution in [-0.2, 0) is 0 Å². The zero-order chi connectivity index (χ0) is 6.97. The normalized spacial score (nSPS) is 40.5. The predicted molar refractivity (Wildman–Crippen MR) is 39.6 cm³/mol. The van der Waals surface area contributed by atoms with Crippen molar-refractivity contribution >= 4 is 0 Å². The van der Waals surface area contributed by atoms with Gasteiger partial charge in [0.2, 0.25) is 0 Å². The lowest BCUT2D eigenvalue weighted by Crippen LogP contribution is -2.39. The van der Waals surface area contributed by atoms with Crippen LogP contribution in [0.15, 0.2) is 0 Å². The van der Waals surface area contributed by atoms with E-state index in [-0.39, 0.29) is 6.73 Å². The molecule has 0 aliphatic carbocycles. The Bertz CT molecular complexity index is 110. The van der Waals surface area contributed by atoms with Gasteiger partial charge in [-0.1, -0.05) is 6.42 Å². The highest BCUT2D eigenvalue weighted by Gasteiger charge is 2.35. The minimum Gasteiger partial charge on any atom is -0.381 e. The first-order valence-corrected chi connectivity index (χ1v) is 4.28. The zero-order valence-corrected chi connectivity index (χ0v) is 6.29. The third-order valence-electron chi connectivity index (χ3n) is 3.01. The van der Waals surface area contributed by atoms with Crippen LogP contribution in [0.2, 0.25) is 0 Å². The fourth-order valence-electron chi connectivity index (χ4n) is 2.45. The second kappa shape index (κ2) is 2.51. The summed E-state index contributed by atoms with van der Waals surface area (Å²) in [5, 5.41) is 9.00. The van der Waals surface area contributed by atoms with Crippen molar-refractivity contribution in [1.82, 2.24) is 4.90 Å². The van der Waals surface area contributed by atoms with Gasteiger partial charge >= 0.3 is 0 Å². The van der Waals surface area contributed by atoms with E-state index in [0.29, 0.717) is 0 Å². The Morgan fingerprint density at radius 1 is 1.10 bits per heavy atom. The van der Waals surface area contributed by atoms with Crippen molar-refractivity contribution in [3.05, 3.63) is 0 Å². The maximum absolute atomic E-state index is 9.00. The molecular weight excluding hydrogens is 126 g/mol. The van der Waals surface area contributed by atoms with Crippen molar-refractivity contribution in [1.29, 1.82) is 0 Å². The van der Waals surface area contributed by atoms with E-state index in [1.165, 1.54) is 32.1 Å². The van der Waals surface area contributed by atoms with Gasteiger partial charge < -0.3 is 5.11 Å². The SMILES string of the molecule is OCN1C2CCCC1CC2. The molecular formula is C8H15NO. The largest absolute Gasteiger partial charge is 0.381 e. The minimum absolute atomic E-state index is 0.287. The summed E-state index contributed by atoms with van der Waals surface area (Å²) in [5.74, 6) is 0. The fraction of sp³-hybridized carbons (Fsp3) is 1.00. The van der Waals surface area contributed by atoms with Gasteiger partial charge in [0, 0.05) is 12.1 Å². The lowest BCUT2D eigenvalue weighted by molar-refractivity contribution is 0.0380. The number of nitrogens with zero attached hydrogens (tertiary/aromatic N) is 1. The molecule has 58 valence electrons. The fourth-order valence-corrected chi connectivity index (χ4v) is 2.45. The van der Waals surface area contributed by atoms with Crippen LogP contribution in [0.5, 0.6) is 0 Å². The van der Waals surface area contributed by atoms with Crippen molar-refractivity contribution in [3.63, 3.8) is 0 Å². The van der Waals surface area contributed by atoms with Crippen molar-refractivity contribution < 1.29 is 5.11 Å². The topological polar surface area (TPSA) is 23.5 Å². The smallest absolute Gasteiger partial charge is 0.0961 e. The van der Waals surface area contributed by atoms with E-state index in [1.54, 1.807) is 0 Å². The van der Waals surface area contributed by atoms with E-state index in [9.17, 15) is 0 Å². The van der Waals surface area contributed by atoms with Gasteiger partial charge in [-0.25, -0.2) is 0 Å². The molecule has 0 spiro atoms. The number of piperidine rings is 1. The van der Waals surface area contributed by atoms with E-state index >= 15 is 0 Å². The Kier molecular flexibility index (Phi) is 1.66. The molecule has 0 aromatic carbocycles. The van der Waals surface area contributed by atoms with E-state index in [4.69, 9.17) is 5.11 Å². The Morgan fingerprint density at radius 2 is 1.70 bits per heavy atom. The van der Waals surface area contributed by atoms with E-state index in [0.717, 1.165) is 12.1 Å². The maximum Gasteiger partial charge on any atom is 0.0961 e. The number of aliphatic hydroxyl groups excluding tert-OH is 1. The summed E-state index contributed by atoms with van der Waals surface area (Å²) in [5.41, 5.74) is 0. The van der Waals surface area contributed by atoms with Crippen molar-refractivity contribution in [2.45, 2.75) is 44.2 Å². The summed E-state index contributed by atoms with van der Waals surface area (Å²) in [6.45, 7) is 0.287. The second-order valence-corrected chi connectivity index (χ2v) is 3.47. The first kappa shape index (κ1) is 6.62. The van der Waals surface area contributed by atoms with Gasteiger partial charge in [0.15, 0.2) is 0 Å². The van der Waals surface area contributed by atoms with Gasteiger partial charge in [0.1, 0.15) is 0 Å². The Labute approximate surface area is 61.8 Å². The number of hydrogen-bond acceptors (Lipinski definition) is 2. The maximum atomic E-state index is 9.00.